The maximum absolute atomic E-state index is 12.0. The number of alkyl halides is 1. The molecule has 1 aromatic rings. The van der Waals surface area contributed by atoms with Crippen LogP contribution >= 0.6 is 0 Å². The van der Waals surface area contributed by atoms with Crippen molar-refractivity contribution in [1.29, 1.82) is 5.41 Å². The maximum Gasteiger partial charge on any atom is 0.188 e. The molecule has 0 saturated carbocycles. The highest BCUT2D eigenvalue weighted by molar-refractivity contribution is 5.74. The summed E-state index contributed by atoms with van der Waals surface area (Å²) in [6.07, 6.45) is 0.409. The molecule has 1 aromatic carbocycles. The highest BCUT2D eigenvalue weighted by atomic mass is 18.2. The van der Waals surface area contributed by atoms with Crippen molar-refractivity contribution in [3.63, 3.8) is 0 Å². The average Bonchev–Trinajstić information content (AvgIpc) is 2.25. The summed E-state index contributed by atoms with van der Waals surface area (Å²) in [7, 11) is 0. The summed E-state index contributed by atoms with van der Waals surface area (Å²) in [6, 6.07) is 9.73. The van der Waals surface area contributed by atoms with Crippen LogP contribution in [0.3, 0.4) is 0 Å². The van der Waals surface area contributed by atoms with Crippen molar-refractivity contribution in [3.05, 3.63) is 35.9 Å². The monoisotopic (exact) mass is 208 g/mol. The number of rotatable bonds is 5. The third-order valence-corrected chi connectivity index (χ3v) is 2.12. The van der Waals surface area contributed by atoms with Crippen molar-refractivity contribution >= 4 is 5.96 Å². The molecule has 0 bridgehead atoms. The number of guanidine groups is 1. The van der Waals surface area contributed by atoms with Crippen molar-refractivity contribution in [2.75, 3.05) is 13.2 Å². The molecule has 3 nitrogen and oxygen atoms in total. The molecule has 15 heavy (non-hydrogen) atoms. The van der Waals surface area contributed by atoms with Gasteiger partial charge >= 0.3 is 0 Å². The van der Waals surface area contributed by atoms with E-state index in [0.717, 1.165) is 5.56 Å². The topological polar surface area (TPSA) is 53.1 Å². The van der Waals surface area contributed by atoms with E-state index in [9.17, 15) is 4.39 Å². The molecule has 0 atom stereocenters. The lowest BCUT2D eigenvalue weighted by atomic mass is 10.2. The Balaban J connectivity index is 2.55. The van der Waals surface area contributed by atoms with Gasteiger partial charge in [0.05, 0.1) is 6.67 Å². The van der Waals surface area contributed by atoms with E-state index in [0.29, 0.717) is 19.5 Å². The predicted molar refractivity (Wildman–Crippen MR) is 59.4 cm³/mol. The Morgan fingerprint density at radius 2 is 2.00 bits per heavy atom. The number of nitrogens with one attached hydrogen (secondary N) is 1. The fourth-order valence-corrected chi connectivity index (χ4v) is 1.34. The quantitative estimate of drug-likeness (QED) is 0.572. The molecule has 0 unspecified atom stereocenters. The van der Waals surface area contributed by atoms with Gasteiger partial charge in [-0.3, -0.25) is 9.80 Å². The molecule has 0 spiro atoms. The summed E-state index contributed by atoms with van der Waals surface area (Å²) in [5.74, 6) is -0.00713. The SMILES string of the molecule is N=C(N)N(CCC[18F])Cc1ccccc1. The van der Waals surface area contributed by atoms with Gasteiger partial charge in [0.15, 0.2) is 5.96 Å². The first kappa shape index (κ1) is 11.5. The molecule has 0 amide bonds. The number of benzene rings is 1. The molecule has 0 aliphatic heterocycles. The van der Waals surface area contributed by atoms with Gasteiger partial charge in [0.2, 0.25) is 0 Å². The summed E-state index contributed by atoms with van der Waals surface area (Å²) in [5, 5.41) is 7.36. The first-order valence-corrected chi connectivity index (χ1v) is 4.93. The van der Waals surface area contributed by atoms with Crippen LogP contribution in [0.5, 0.6) is 0 Å². The highest BCUT2D eigenvalue weighted by Crippen LogP contribution is 2.04. The van der Waals surface area contributed by atoms with Crippen LogP contribution in [-0.2, 0) is 6.54 Å². The number of nitrogens with zero attached hydrogens (tertiary/aromatic N) is 1. The van der Waals surface area contributed by atoms with Crippen LogP contribution in [0.1, 0.15) is 12.0 Å². The predicted octanol–water partition coefficient (Wildman–Crippen LogP) is 1.74. The average molecular weight is 208 g/mol. The Morgan fingerprint density at radius 3 is 2.53 bits per heavy atom. The van der Waals surface area contributed by atoms with Crippen molar-refractivity contribution in [1.82, 2.24) is 4.90 Å². The molecule has 3 N–H and O–H groups in total. The summed E-state index contributed by atoms with van der Waals surface area (Å²) in [5.41, 5.74) is 6.49. The Hall–Kier alpha value is -1.58. The Bertz CT molecular complexity index is 300. The first-order valence-electron chi connectivity index (χ1n) is 4.93. The highest BCUT2D eigenvalue weighted by Gasteiger charge is 2.06. The molecule has 0 saturated heterocycles. The molecule has 0 aromatic heterocycles. The lowest BCUT2D eigenvalue weighted by molar-refractivity contribution is 0.361. The fourth-order valence-electron chi connectivity index (χ4n) is 1.34. The van der Waals surface area contributed by atoms with E-state index in [1.54, 1.807) is 4.90 Å². The smallest absolute Gasteiger partial charge is 0.188 e. The normalized spacial score (nSPS) is 9.93. The van der Waals surface area contributed by atoms with Gasteiger partial charge in [-0.2, -0.15) is 0 Å². The fraction of sp³-hybridized carbons (Fsp3) is 0.364. The van der Waals surface area contributed by atoms with E-state index in [4.69, 9.17) is 11.1 Å². The van der Waals surface area contributed by atoms with Crippen LogP contribution in [0, 0.1) is 5.41 Å². The van der Waals surface area contributed by atoms with Crippen molar-refractivity contribution in [2.24, 2.45) is 5.73 Å². The van der Waals surface area contributed by atoms with Crippen molar-refractivity contribution in [2.45, 2.75) is 13.0 Å². The lowest BCUT2D eigenvalue weighted by Gasteiger charge is -2.22. The van der Waals surface area contributed by atoms with E-state index in [2.05, 4.69) is 0 Å². The second-order valence-electron chi connectivity index (χ2n) is 3.33. The van der Waals surface area contributed by atoms with E-state index < -0.39 is 0 Å². The molecular weight excluding hydrogens is 192 g/mol. The second-order valence-corrected chi connectivity index (χ2v) is 3.33. The standard InChI is InChI=1S/C11H16FN3/c12-7-4-8-15(11(13)14)9-10-5-2-1-3-6-10/h1-3,5-6H,4,7-9H2,(H3,13,14)/i12-1. The van der Waals surface area contributed by atoms with E-state index in [1.807, 2.05) is 30.3 Å². The van der Waals surface area contributed by atoms with E-state index in [1.165, 1.54) is 0 Å². The maximum atomic E-state index is 12.0. The van der Waals surface area contributed by atoms with Crippen molar-refractivity contribution < 1.29 is 4.39 Å². The Morgan fingerprint density at radius 1 is 1.33 bits per heavy atom. The summed E-state index contributed by atoms with van der Waals surface area (Å²) < 4.78 is 12.0. The van der Waals surface area contributed by atoms with Gasteiger partial charge in [0.25, 0.3) is 0 Å². The minimum absolute atomic E-state index is 0.00713. The molecule has 0 radical (unpaired) electrons. The molecular formula is C11H16FN3. The van der Waals surface area contributed by atoms with Gasteiger partial charge in [-0.25, -0.2) is 0 Å². The lowest BCUT2D eigenvalue weighted by Crippen LogP contribution is -2.36. The van der Waals surface area contributed by atoms with E-state index in [-0.39, 0.29) is 12.6 Å². The minimum atomic E-state index is -0.376. The van der Waals surface area contributed by atoms with Gasteiger partial charge in [-0.15, -0.1) is 0 Å². The zero-order valence-electron chi connectivity index (χ0n) is 8.62. The first-order chi connectivity index (χ1) is 7.24. The van der Waals surface area contributed by atoms with Gasteiger partial charge in [0, 0.05) is 13.1 Å². The molecule has 4 heteroatoms. The molecule has 0 aliphatic rings. The number of nitrogens with two attached hydrogens (primary N) is 1. The molecule has 82 valence electrons. The molecule has 0 fully saturated rings. The summed E-state index contributed by atoms with van der Waals surface area (Å²) in [4.78, 5) is 1.66. The van der Waals surface area contributed by atoms with Crippen LogP contribution in [0.25, 0.3) is 0 Å². The van der Waals surface area contributed by atoms with Crippen LogP contribution in [0.2, 0.25) is 0 Å². The zero-order valence-corrected chi connectivity index (χ0v) is 8.62. The zero-order chi connectivity index (χ0) is 11.1. The Labute approximate surface area is 89.2 Å². The van der Waals surface area contributed by atoms with Gasteiger partial charge in [0.1, 0.15) is 0 Å². The number of hydrogen-bond acceptors (Lipinski definition) is 1. The summed E-state index contributed by atoms with van der Waals surface area (Å²) in [6.45, 7) is 0.676. The minimum Gasteiger partial charge on any atom is -0.370 e. The van der Waals surface area contributed by atoms with Gasteiger partial charge < -0.3 is 10.6 Å². The van der Waals surface area contributed by atoms with Crippen LogP contribution in [0.15, 0.2) is 30.3 Å². The Kier molecular flexibility index (Phi) is 4.60. The van der Waals surface area contributed by atoms with E-state index >= 15 is 0 Å². The van der Waals surface area contributed by atoms with Crippen LogP contribution in [-0.4, -0.2) is 24.1 Å². The molecule has 1 rings (SSSR count). The third-order valence-electron chi connectivity index (χ3n) is 2.12. The largest absolute Gasteiger partial charge is 0.370 e. The summed E-state index contributed by atoms with van der Waals surface area (Å²) >= 11 is 0. The van der Waals surface area contributed by atoms with Crippen LogP contribution in [0.4, 0.5) is 4.39 Å². The third kappa shape index (κ3) is 3.97. The van der Waals surface area contributed by atoms with Gasteiger partial charge in [-0.1, -0.05) is 30.3 Å². The number of hydrogen-bond donors (Lipinski definition) is 2. The molecule has 0 aliphatic carbocycles. The van der Waals surface area contributed by atoms with Crippen LogP contribution < -0.4 is 5.73 Å². The molecule has 0 heterocycles. The van der Waals surface area contributed by atoms with Gasteiger partial charge in [-0.05, 0) is 12.0 Å². The second kappa shape index (κ2) is 6.01. The van der Waals surface area contributed by atoms with Crippen molar-refractivity contribution in [3.8, 4) is 0 Å². The number of halogens is 1.